The summed E-state index contributed by atoms with van der Waals surface area (Å²) in [7, 11) is 0. The number of benzene rings is 1. The van der Waals surface area contributed by atoms with E-state index in [-0.39, 0.29) is 11.6 Å². The maximum atomic E-state index is 13.5. The maximum absolute atomic E-state index is 13.5. The summed E-state index contributed by atoms with van der Waals surface area (Å²) in [5, 5.41) is 11.3. The standard InChI is InChI=1S/C13H14BrFN2O3/c1-7(12(18)19)8-5-17(6-8)13(20)16-11-4-9(14)2-3-10(11)15/h2-4,7-8H,5-6H2,1H3,(H,16,20)(H,18,19). The lowest BCUT2D eigenvalue weighted by atomic mass is 9.87. The summed E-state index contributed by atoms with van der Waals surface area (Å²) in [4.78, 5) is 24.2. The quantitative estimate of drug-likeness (QED) is 0.885. The Labute approximate surface area is 123 Å². The number of likely N-dealkylation sites (tertiary alicyclic amines) is 1. The SMILES string of the molecule is CC(C(=O)O)C1CN(C(=O)Nc2cc(Br)ccc2F)C1. The number of hydrogen-bond donors (Lipinski definition) is 2. The predicted molar refractivity (Wildman–Crippen MR) is 75.0 cm³/mol. The van der Waals surface area contributed by atoms with Gasteiger partial charge in [0.05, 0.1) is 11.6 Å². The van der Waals surface area contributed by atoms with E-state index >= 15 is 0 Å². The van der Waals surface area contributed by atoms with E-state index < -0.39 is 23.7 Å². The van der Waals surface area contributed by atoms with Crippen molar-refractivity contribution >= 4 is 33.6 Å². The lowest BCUT2D eigenvalue weighted by molar-refractivity contribution is -0.144. The highest BCUT2D eigenvalue weighted by atomic mass is 79.9. The fourth-order valence-corrected chi connectivity index (χ4v) is 2.34. The lowest BCUT2D eigenvalue weighted by Crippen LogP contribution is -2.54. The average Bonchev–Trinajstić information content (AvgIpc) is 2.31. The first-order valence-corrected chi connectivity index (χ1v) is 6.91. The molecule has 2 N–H and O–H groups in total. The molecule has 1 aliphatic rings. The second-order valence-corrected chi connectivity index (χ2v) is 5.76. The van der Waals surface area contributed by atoms with Crippen molar-refractivity contribution in [1.82, 2.24) is 4.90 Å². The number of urea groups is 1. The molecule has 1 fully saturated rings. The first-order chi connectivity index (χ1) is 9.38. The number of anilines is 1. The minimum atomic E-state index is -0.868. The molecular formula is C13H14BrFN2O3. The number of halogens is 2. The molecule has 7 heteroatoms. The van der Waals surface area contributed by atoms with E-state index in [1.54, 1.807) is 13.0 Å². The van der Waals surface area contributed by atoms with Crippen LogP contribution in [-0.2, 0) is 4.79 Å². The Morgan fingerprint density at radius 2 is 2.15 bits per heavy atom. The summed E-state index contributed by atoms with van der Waals surface area (Å²) < 4.78 is 14.2. The molecule has 20 heavy (non-hydrogen) atoms. The van der Waals surface area contributed by atoms with Crippen molar-refractivity contribution in [3.05, 3.63) is 28.5 Å². The van der Waals surface area contributed by atoms with Gasteiger partial charge in [0.2, 0.25) is 0 Å². The van der Waals surface area contributed by atoms with E-state index in [9.17, 15) is 14.0 Å². The number of rotatable bonds is 3. The Bertz CT molecular complexity index is 546. The van der Waals surface area contributed by atoms with Gasteiger partial charge in [0.15, 0.2) is 0 Å². The Kier molecular flexibility index (Phi) is 4.27. The Morgan fingerprint density at radius 1 is 1.50 bits per heavy atom. The summed E-state index contributed by atoms with van der Waals surface area (Å²) in [5.41, 5.74) is 0.0964. The number of carbonyl (C=O) groups excluding carboxylic acids is 1. The summed E-state index contributed by atoms with van der Waals surface area (Å²) in [5.74, 6) is -1.92. The molecule has 1 unspecified atom stereocenters. The van der Waals surface area contributed by atoms with Gasteiger partial charge in [-0.3, -0.25) is 4.79 Å². The molecule has 0 radical (unpaired) electrons. The first-order valence-electron chi connectivity index (χ1n) is 6.12. The van der Waals surface area contributed by atoms with Gasteiger partial charge in [0.1, 0.15) is 5.82 Å². The molecule has 1 heterocycles. The van der Waals surface area contributed by atoms with E-state index in [0.29, 0.717) is 17.6 Å². The molecule has 0 saturated carbocycles. The second kappa shape index (κ2) is 5.78. The van der Waals surface area contributed by atoms with Crippen LogP contribution in [-0.4, -0.2) is 35.1 Å². The molecule has 1 atom stereocenters. The number of nitrogens with zero attached hydrogens (tertiary/aromatic N) is 1. The molecule has 0 bridgehead atoms. The third-order valence-corrected chi connectivity index (χ3v) is 3.96. The minimum absolute atomic E-state index is 0.0504. The maximum Gasteiger partial charge on any atom is 0.321 e. The number of aliphatic carboxylic acids is 1. The summed E-state index contributed by atoms with van der Waals surface area (Å²) >= 11 is 3.20. The Hall–Kier alpha value is -1.63. The number of nitrogens with one attached hydrogen (secondary N) is 1. The van der Waals surface area contributed by atoms with Crippen LogP contribution >= 0.6 is 15.9 Å². The van der Waals surface area contributed by atoms with Crippen LogP contribution in [0.4, 0.5) is 14.9 Å². The molecule has 2 amide bonds. The van der Waals surface area contributed by atoms with Crippen LogP contribution in [0, 0.1) is 17.7 Å². The Morgan fingerprint density at radius 3 is 2.75 bits per heavy atom. The minimum Gasteiger partial charge on any atom is -0.481 e. The third-order valence-electron chi connectivity index (χ3n) is 3.46. The van der Waals surface area contributed by atoms with Gasteiger partial charge in [-0.2, -0.15) is 0 Å². The molecule has 2 rings (SSSR count). The van der Waals surface area contributed by atoms with Crippen LogP contribution in [0.1, 0.15) is 6.92 Å². The van der Waals surface area contributed by atoms with Gasteiger partial charge in [-0.25, -0.2) is 9.18 Å². The fraction of sp³-hybridized carbons (Fsp3) is 0.385. The summed E-state index contributed by atoms with van der Waals surface area (Å²) in [6, 6.07) is 3.85. The lowest BCUT2D eigenvalue weighted by Gasteiger charge is -2.41. The molecular weight excluding hydrogens is 331 g/mol. The predicted octanol–water partition coefficient (Wildman–Crippen LogP) is 2.77. The second-order valence-electron chi connectivity index (χ2n) is 4.85. The van der Waals surface area contributed by atoms with Crippen molar-refractivity contribution in [2.45, 2.75) is 6.92 Å². The number of carbonyl (C=O) groups is 2. The van der Waals surface area contributed by atoms with Gasteiger partial charge in [0, 0.05) is 23.5 Å². The van der Waals surface area contributed by atoms with Gasteiger partial charge >= 0.3 is 12.0 Å². The van der Waals surface area contributed by atoms with Gasteiger partial charge in [-0.05, 0) is 18.2 Å². The van der Waals surface area contributed by atoms with Crippen molar-refractivity contribution in [3.63, 3.8) is 0 Å². The molecule has 0 spiro atoms. The number of amides is 2. The molecule has 0 aliphatic carbocycles. The fourth-order valence-electron chi connectivity index (χ4n) is 1.98. The summed E-state index contributed by atoms with van der Waals surface area (Å²) in [6.45, 7) is 2.36. The van der Waals surface area contributed by atoms with Crippen LogP contribution < -0.4 is 5.32 Å². The van der Waals surface area contributed by atoms with Crippen LogP contribution in [0.5, 0.6) is 0 Å². The molecule has 1 aromatic carbocycles. The van der Waals surface area contributed by atoms with Crippen LogP contribution in [0.2, 0.25) is 0 Å². The molecule has 1 aliphatic heterocycles. The topological polar surface area (TPSA) is 69.6 Å². The number of hydrogen-bond acceptors (Lipinski definition) is 2. The normalized spacial score (nSPS) is 16.4. The molecule has 1 aromatic rings. The van der Waals surface area contributed by atoms with Crippen molar-refractivity contribution in [2.24, 2.45) is 11.8 Å². The summed E-state index contributed by atoms with van der Waals surface area (Å²) in [6.07, 6.45) is 0. The highest BCUT2D eigenvalue weighted by molar-refractivity contribution is 9.10. The van der Waals surface area contributed by atoms with Crippen LogP contribution in [0.25, 0.3) is 0 Å². The third kappa shape index (κ3) is 3.09. The van der Waals surface area contributed by atoms with Crippen molar-refractivity contribution in [1.29, 1.82) is 0 Å². The first kappa shape index (κ1) is 14.8. The van der Waals surface area contributed by atoms with Crippen LogP contribution in [0.3, 0.4) is 0 Å². The van der Waals surface area contributed by atoms with Gasteiger partial charge < -0.3 is 15.3 Å². The van der Waals surface area contributed by atoms with Crippen molar-refractivity contribution < 1.29 is 19.1 Å². The number of carboxylic acids is 1. The van der Waals surface area contributed by atoms with Gasteiger partial charge in [0.25, 0.3) is 0 Å². The number of carboxylic acid groups (broad SMARTS) is 1. The zero-order valence-corrected chi connectivity index (χ0v) is 12.4. The highest BCUT2D eigenvalue weighted by Gasteiger charge is 2.37. The monoisotopic (exact) mass is 344 g/mol. The van der Waals surface area contributed by atoms with Gasteiger partial charge in [-0.15, -0.1) is 0 Å². The largest absolute Gasteiger partial charge is 0.481 e. The average molecular weight is 345 g/mol. The van der Waals surface area contributed by atoms with Gasteiger partial charge in [-0.1, -0.05) is 22.9 Å². The van der Waals surface area contributed by atoms with Crippen molar-refractivity contribution in [3.8, 4) is 0 Å². The van der Waals surface area contributed by atoms with Crippen molar-refractivity contribution in [2.75, 3.05) is 18.4 Å². The molecule has 108 valence electrons. The molecule has 1 saturated heterocycles. The smallest absolute Gasteiger partial charge is 0.321 e. The van der Waals surface area contributed by atoms with E-state index in [2.05, 4.69) is 21.2 Å². The zero-order chi connectivity index (χ0) is 14.9. The van der Waals surface area contributed by atoms with E-state index in [1.807, 2.05) is 0 Å². The van der Waals surface area contributed by atoms with E-state index in [4.69, 9.17) is 5.11 Å². The zero-order valence-electron chi connectivity index (χ0n) is 10.8. The Balaban J connectivity index is 1.92. The van der Waals surface area contributed by atoms with Crippen LogP contribution in [0.15, 0.2) is 22.7 Å². The highest BCUT2D eigenvalue weighted by Crippen LogP contribution is 2.26. The van der Waals surface area contributed by atoms with E-state index in [1.165, 1.54) is 17.0 Å². The molecule has 0 aromatic heterocycles. The van der Waals surface area contributed by atoms with E-state index in [0.717, 1.165) is 0 Å². The molecule has 5 nitrogen and oxygen atoms in total.